The minimum Gasteiger partial charge on any atom is -0.385 e. The number of carbonyl (C=O) groups is 2. The molecule has 6 nitrogen and oxygen atoms in total. The van der Waals surface area contributed by atoms with E-state index in [-0.39, 0.29) is 11.6 Å². The SMILES string of the molecule is CC(NC1CCCC1)=C(C#N)C(=O)NC(=O)Nc1cccc(Cl)c1. The number of anilines is 1. The predicted octanol–water partition coefficient (Wildman–Crippen LogP) is 3.32. The highest BCUT2D eigenvalue weighted by Gasteiger charge is 2.20. The Balaban J connectivity index is 1.97. The molecular formula is C17H19ClN4O2. The lowest BCUT2D eigenvalue weighted by Gasteiger charge is -2.15. The molecule has 3 amide bonds. The molecule has 7 heteroatoms. The van der Waals surface area contributed by atoms with Crippen molar-refractivity contribution in [3.8, 4) is 6.07 Å². The number of hydrogen-bond donors (Lipinski definition) is 3. The smallest absolute Gasteiger partial charge is 0.326 e. The molecule has 0 radical (unpaired) electrons. The third kappa shape index (κ3) is 5.00. The molecule has 0 aromatic heterocycles. The fourth-order valence-electron chi connectivity index (χ4n) is 2.65. The largest absolute Gasteiger partial charge is 0.385 e. The molecule has 1 aromatic rings. The van der Waals surface area contributed by atoms with Gasteiger partial charge in [0, 0.05) is 22.4 Å². The maximum atomic E-state index is 12.1. The van der Waals surface area contributed by atoms with Crippen LogP contribution in [-0.2, 0) is 4.79 Å². The first-order valence-electron chi connectivity index (χ1n) is 7.75. The van der Waals surface area contributed by atoms with Crippen LogP contribution in [0.4, 0.5) is 10.5 Å². The lowest BCUT2D eigenvalue weighted by atomic mass is 10.2. The summed E-state index contributed by atoms with van der Waals surface area (Å²) in [6, 6.07) is 7.96. The molecule has 0 spiro atoms. The summed E-state index contributed by atoms with van der Waals surface area (Å²) in [5.74, 6) is -0.736. The number of urea groups is 1. The summed E-state index contributed by atoms with van der Waals surface area (Å²) in [4.78, 5) is 24.0. The van der Waals surface area contributed by atoms with Crippen molar-refractivity contribution in [3.05, 3.63) is 40.6 Å². The molecule has 0 saturated heterocycles. The Kier molecular flexibility index (Phi) is 6.21. The zero-order valence-corrected chi connectivity index (χ0v) is 14.1. The molecule has 1 aliphatic carbocycles. The second kappa shape index (κ2) is 8.37. The number of hydrogen-bond acceptors (Lipinski definition) is 4. The number of benzene rings is 1. The van der Waals surface area contributed by atoms with Crippen LogP contribution in [0.15, 0.2) is 35.5 Å². The zero-order valence-electron chi connectivity index (χ0n) is 13.4. The molecule has 126 valence electrons. The number of nitrogens with zero attached hydrogens (tertiary/aromatic N) is 1. The van der Waals surface area contributed by atoms with Gasteiger partial charge in [-0.3, -0.25) is 10.1 Å². The maximum absolute atomic E-state index is 12.1. The van der Waals surface area contributed by atoms with Gasteiger partial charge in [-0.1, -0.05) is 30.5 Å². The summed E-state index contributed by atoms with van der Waals surface area (Å²) in [6.07, 6.45) is 4.32. The molecule has 0 bridgehead atoms. The van der Waals surface area contributed by atoms with Gasteiger partial charge >= 0.3 is 6.03 Å². The Hall–Kier alpha value is -2.52. The Morgan fingerprint density at radius 3 is 2.62 bits per heavy atom. The van der Waals surface area contributed by atoms with E-state index in [1.807, 2.05) is 6.07 Å². The van der Waals surface area contributed by atoms with E-state index in [0.717, 1.165) is 25.7 Å². The second-order valence-corrected chi connectivity index (χ2v) is 6.09. The Labute approximate surface area is 145 Å². The summed E-state index contributed by atoms with van der Waals surface area (Å²) in [7, 11) is 0. The lowest BCUT2D eigenvalue weighted by Crippen LogP contribution is -2.36. The molecule has 1 aromatic carbocycles. The molecule has 24 heavy (non-hydrogen) atoms. The summed E-state index contributed by atoms with van der Waals surface area (Å²) >= 11 is 5.83. The van der Waals surface area contributed by atoms with Crippen LogP contribution in [0.1, 0.15) is 32.6 Å². The second-order valence-electron chi connectivity index (χ2n) is 5.66. The molecule has 0 atom stereocenters. The van der Waals surface area contributed by atoms with Gasteiger partial charge in [-0.25, -0.2) is 4.79 Å². The van der Waals surface area contributed by atoms with Gasteiger partial charge in [-0.05, 0) is 38.0 Å². The minimum absolute atomic E-state index is 0.0943. The number of imide groups is 1. The maximum Gasteiger partial charge on any atom is 0.326 e. The third-order valence-corrected chi connectivity index (χ3v) is 4.03. The van der Waals surface area contributed by atoms with Crippen LogP contribution in [0.3, 0.4) is 0 Å². The van der Waals surface area contributed by atoms with Crippen molar-refractivity contribution >= 4 is 29.2 Å². The Morgan fingerprint density at radius 2 is 2.00 bits per heavy atom. The first kappa shape index (κ1) is 17.8. The standard InChI is InChI=1S/C17H19ClN4O2/c1-11(20-13-6-2-3-7-13)15(10-19)16(23)22-17(24)21-14-8-4-5-12(18)9-14/h4-5,8-9,13,20H,2-3,6-7H2,1H3,(H2,21,22,23,24). The van der Waals surface area contributed by atoms with Crippen molar-refractivity contribution in [2.24, 2.45) is 0 Å². The number of allylic oxidation sites excluding steroid dienone is 1. The quantitative estimate of drug-likeness (QED) is 0.575. The van der Waals surface area contributed by atoms with Gasteiger partial charge in [0.1, 0.15) is 11.6 Å². The van der Waals surface area contributed by atoms with Crippen LogP contribution in [0, 0.1) is 11.3 Å². The number of rotatable bonds is 4. The Morgan fingerprint density at radius 1 is 1.29 bits per heavy atom. The molecule has 0 unspecified atom stereocenters. The molecule has 1 fully saturated rings. The predicted molar refractivity (Wildman–Crippen MR) is 92.3 cm³/mol. The van der Waals surface area contributed by atoms with E-state index in [4.69, 9.17) is 11.6 Å². The summed E-state index contributed by atoms with van der Waals surface area (Å²) in [6.45, 7) is 1.67. The highest BCUT2D eigenvalue weighted by atomic mass is 35.5. The van der Waals surface area contributed by atoms with E-state index in [1.165, 1.54) is 0 Å². The highest BCUT2D eigenvalue weighted by molar-refractivity contribution is 6.30. The van der Waals surface area contributed by atoms with E-state index in [0.29, 0.717) is 16.4 Å². The van der Waals surface area contributed by atoms with E-state index in [1.54, 1.807) is 31.2 Å². The van der Waals surface area contributed by atoms with Crippen LogP contribution in [0.5, 0.6) is 0 Å². The van der Waals surface area contributed by atoms with Gasteiger partial charge in [0.2, 0.25) is 0 Å². The van der Waals surface area contributed by atoms with Crippen molar-refractivity contribution < 1.29 is 9.59 Å². The van der Waals surface area contributed by atoms with Crippen LogP contribution in [-0.4, -0.2) is 18.0 Å². The average Bonchev–Trinajstić information content (AvgIpc) is 3.00. The number of halogens is 1. The molecule has 0 aliphatic heterocycles. The number of nitriles is 1. The van der Waals surface area contributed by atoms with Crippen molar-refractivity contribution in [3.63, 3.8) is 0 Å². The van der Waals surface area contributed by atoms with Gasteiger partial charge in [0.05, 0.1) is 0 Å². The van der Waals surface area contributed by atoms with Crippen LogP contribution in [0.25, 0.3) is 0 Å². The van der Waals surface area contributed by atoms with Gasteiger partial charge in [0.15, 0.2) is 0 Å². The van der Waals surface area contributed by atoms with Gasteiger partial charge in [-0.2, -0.15) is 5.26 Å². The fraction of sp³-hybridized carbons (Fsp3) is 0.353. The van der Waals surface area contributed by atoms with E-state index in [9.17, 15) is 14.9 Å². The summed E-state index contributed by atoms with van der Waals surface area (Å²) in [5, 5.41) is 17.5. The van der Waals surface area contributed by atoms with Gasteiger partial charge in [0.25, 0.3) is 5.91 Å². The molecule has 2 rings (SSSR count). The highest BCUT2D eigenvalue weighted by Crippen LogP contribution is 2.19. The molecule has 1 aliphatic rings. The third-order valence-electron chi connectivity index (χ3n) is 3.80. The molecule has 1 saturated carbocycles. The van der Waals surface area contributed by atoms with Crippen LogP contribution in [0.2, 0.25) is 5.02 Å². The summed E-state index contributed by atoms with van der Waals surface area (Å²) < 4.78 is 0. The zero-order chi connectivity index (χ0) is 17.5. The van der Waals surface area contributed by atoms with Crippen molar-refractivity contribution in [2.45, 2.75) is 38.6 Å². The summed E-state index contributed by atoms with van der Waals surface area (Å²) in [5.41, 5.74) is 0.844. The minimum atomic E-state index is -0.736. The topological polar surface area (TPSA) is 94.0 Å². The first-order chi connectivity index (χ1) is 11.5. The lowest BCUT2D eigenvalue weighted by molar-refractivity contribution is -0.116. The van der Waals surface area contributed by atoms with Crippen LogP contribution >= 0.6 is 11.6 Å². The van der Waals surface area contributed by atoms with Crippen molar-refractivity contribution in [2.75, 3.05) is 5.32 Å². The van der Waals surface area contributed by atoms with E-state index >= 15 is 0 Å². The number of carbonyl (C=O) groups excluding carboxylic acids is 2. The molecule has 0 heterocycles. The monoisotopic (exact) mass is 346 g/mol. The fourth-order valence-corrected chi connectivity index (χ4v) is 2.84. The van der Waals surface area contributed by atoms with E-state index < -0.39 is 11.9 Å². The number of amides is 3. The normalized spacial score (nSPS) is 15.2. The number of nitrogens with one attached hydrogen (secondary N) is 3. The average molecular weight is 347 g/mol. The Bertz CT molecular complexity index is 703. The first-order valence-corrected chi connectivity index (χ1v) is 8.13. The van der Waals surface area contributed by atoms with E-state index in [2.05, 4.69) is 16.0 Å². The van der Waals surface area contributed by atoms with Gasteiger partial charge < -0.3 is 10.6 Å². The van der Waals surface area contributed by atoms with Crippen LogP contribution < -0.4 is 16.0 Å². The molecule has 3 N–H and O–H groups in total. The van der Waals surface area contributed by atoms with Gasteiger partial charge in [-0.15, -0.1) is 0 Å². The molecular weight excluding hydrogens is 328 g/mol. The van der Waals surface area contributed by atoms with Crippen molar-refractivity contribution in [1.29, 1.82) is 5.26 Å². The van der Waals surface area contributed by atoms with Crippen molar-refractivity contribution in [1.82, 2.24) is 10.6 Å².